The van der Waals surface area contributed by atoms with Gasteiger partial charge >= 0.3 is 6.18 Å². The number of unbranched alkanes of at least 4 members (excludes halogenated alkanes) is 2. The number of aromatic nitrogens is 2. The van der Waals surface area contributed by atoms with Gasteiger partial charge in [0, 0.05) is 37.7 Å². The maximum absolute atomic E-state index is 12.9. The average Bonchev–Trinajstić information content (AvgIpc) is 2.69. The van der Waals surface area contributed by atoms with Gasteiger partial charge in [-0.15, -0.1) is 0 Å². The molecule has 1 heterocycles. The minimum absolute atomic E-state index is 0.0163. The van der Waals surface area contributed by atoms with Crippen LogP contribution >= 0.6 is 0 Å². The van der Waals surface area contributed by atoms with Gasteiger partial charge in [0.1, 0.15) is 23.7 Å². The Labute approximate surface area is 177 Å². The molecule has 0 aliphatic heterocycles. The van der Waals surface area contributed by atoms with Crippen LogP contribution in [-0.2, 0) is 15.8 Å². The van der Waals surface area contributed by atoms with Crippen LogP contribution in [0.2, 0.25) is 0 Å². The summed E-state index contributed by atoms with van der Waals surface area (Å²) in [7, 11) is 1.26. The molecule has 2 amide bonds. The van der Waals surface area contributed by atoms with Crippen LogP contribution in [0.3, 0.4) is 0 Å². The van der Waals surface area contributed by atoms with Gasteiger partial charge in [0.05, 0.1) is 12.7 Å². The molecule has 3 N–H and O–H groups in total. The fourth-order valence-corrected chi connectivity index (χ4v) is 2.68. The van der Waals surface area contributed by atoms with E-state index in [1.807, 2.05) is 0 Å². The van der Waals surface area contributed by atoms with Crippen LogP contribution < -0.4 is 20.7 Å². The summed E-state index contributed by atoms with van der Waals surface area (Å²) in [5.41, 5.74) is -0.850. The Balaban J connectivity index is 1.73. The van der Waals surface area contributed by atoms with Gasteiger partial charge < -0.3 is 20.7 Å². The molecular weight excluding hydrogens is 415 g/mol. The summed E-state index contributed by atoms with van der Waals surface area (Å²) in [5, 5.41) is 8.14. The van der Waals surface area contributed by atoms with E-state index in [4.69, 9.17) is 4.74 Å². The first-order valence-electron chi connectivity index (χ1n) is 9.57. The van der Waals surface area contributed by atoms with Gasteiger partial charge in [-0.05, 0) is 25.0 Å². The predicted octanol–water partition coefficient (Wildman–Crippen LogP) is 4.07. The van der Waals surface area contributed by atoms with Crippen LogP contribution in [0.5, 0.6) is 5.75 Å². The Morgan fingerprint density at radius 2 is 1.74 bits per heavy atom. The van der Waals surface area contributed by atoms with Crippen molar-refractivity contribution in [2.75, 3.05) is 29.6 Å². The summed E-state index contributed by atoms with van der Waals surface area (Å²) >= 11 is 0. The maximum Gasteiger partial charge on any atom is 0.416 e. The summed E-state index contributed by atoms with van der Waals surface area (Å²) in [6, 6.07) is 4.70. The molecule has 11 heteroatoms. The lowest BCUT2D eigenvalue weighted by Crippen LogP contribution is -2.13. The third kappa shape index (κ3) is 8.49. The van der Waals surface area contributed by atoms with E-state index in [1.165, 1.54) is 26.4 Å². The van der Waals surface area contributed by atoms with E-state index in [0.717, 1.165) is 25.0 Å². The largest absolute Gasteiger partial charge is 0.497 e. The molecule has 0 spiro atoms. The van der Waals surface area contributed by atoms with Crippen LogP contribution in [0, 0.1) is 0 Å². The smallest absolute Gasteiger partial charge is 0.416 e. The minimum Gasteiger partial charge on any atom is -0.497 e. The van der Waals surface area contributed by atoms with Crippen LogP contribution in [0.1, 0.15) is 38.2 Å². The highest BCUT2D eigenvalue weighted by molar-refractivity contribution is 5.91. The zero-order valence-electron chi connectivity index (χ0n) is 17.2. The number of anilines is 3. The zero-order chi connectivity index (χ0) is 22.9. The second kappa shape index (κ2) is 11.1. The molecule has 2 aromatic rings. The second-order valence-corrected chi connectivity index (χ2v) is 6.70. The summed E-state index contributed by atoms with van der Waals surface area (Å²) in [4.78, 5) is 31.1. The Morgan fingerprint density at radius 3 is 2.42 bits per heavy atom. The van der Waals surface area contributed by atoms with Crippen molar-refractivity contribution in [1.29, 1.82) is 0 Å². The number of carbonyl (C=O) groups is 2. The van der Waals surface area contributed by atoms with Crippen molar-refractivity contribution in [1.82, 2.24) is 9.97 Å². The summed E-state index contributed by atoms with van der Waals surface area (Å²) < 4.78 is 43.7. The molecule has 31 heavy (non-hydrogen) atoms. The molecule has 1 aromatic heterocycles. The first-order chi connectivity index (χ1) is 14.7. The van der Waals surface area contributed by atoms with Crippen molar-refractivity contribution in [3.8, 4) is 5.75 Å². The van der Waals surface area contributed by atoms with Crippen molar-refractivity contribution in [2.24, 2.45) is 0 Å². The molecule has 0 aliphatic rings. The fourth-order valence-electron chi connectivity index (χ4n) is 2.68. The van der Waals surface area contributed by atoms with Crippen LogP contribution in [0.15, 0.2) is 30.6 Å². The number of ether oxygens (including phenoxy) is 1. The normalized spacial score (nSPS) is 11.0. The quantitative estimate of drug-likeness (QED) is 0.482. The molecule has 0 radical (unpaired) electrons. The first kappa shape index (κ1) is 23.9. The topological polar surface area (TPSA) is 105 Å². The number of hydrogen-bond donors (Lipinski definition) is 3. The SMILES string of the molecule is COc1cc(NC(=O)CCCCCNc2cc(NC(C)=O)ncn2)cc(C(F)(F)F)c1. The summed E-state index contributed by atoms with van der Waals surface area (Å²) in [6.45, 7) is 1.98. The first-order valence-corrected chi connectivity index (χ1v) is 9.57. The van der Waals surface area contributed by atoms with Gasteiger partial charge in [-0.25, -0.2) is 9.97 Å². The van der Waals surface area contributed by atoms with E-state index in [9.17, 15) is 22.8 Å². The lowest BCUT2D eigenvalue weighted by Gasteiger charge is -2.12. The van der Waals surface area contributed by atoms with Gasteiger partial charge in [0.25, 0.3) is 0 Å². The van der Waals surface area contributed by atoms with Crippen molar-refractivity contribution >= 4 is 29.1 Å². The third-order valence-electron chi connectivity index (χ3n) is 4.11. The third-order valence-corrected chi connectivity index (χ3v) is 4.11. The number of halogens is 3. The van der Waals surface area contributed by atoms with Crippen molar-refractivity contribution in [3.63, 3.8) is 0 Å². The van der Waals surface area contributed by atoms with Crippen LogP contribution in [-0.4, -0.2) is 35.4 Å². The molecule has 1 aromatic carbocycles. The molecule has 0 saturated heterocycles. The molecule has 0 atom stereocenters. The van der Waals surface area contributed by atoms with E-state index < -0.39 is 11.7 Å². The van der Waals surface area contributed by atoms with E-state index in [-0.39, 0.29) is 29.7 Å². The number of carbonyl (C=O) groups excluding carboxylic acids is 2. The maximum atomic E-state index is 12.9. The standard InChI is InChI=1S/C20H24F3N5O3/c1-13(29)27-18-11-17(25-12-26-18)24-7-5-3-4-6-19(30)28-15-8-14(20(21,22)23)9-16(10-15)31-2/h8-12H,3-7H2,1-2H3,(H,28,30)(H2,24,25,26,27,29). The molecule has 0 aliphatic carbocycles. The van der Waals surface area contributed by atoms with E-state index in [2.05, 4.69) is 25.9 Å². The number of rotatable bonds is 10. The van der Waals surface area contributed by atoms with Crippen LogP contribution in [0.4, 0.5) is 30.5 Å². The molecule has 8 nitrogen and oxygen atoms in total. The summed E-state index contributed by atoms with van der Waals surface area (Å²) in [5.74, 6) is 0.377. The lowest BCUT2D eigenvalue weighted by atomic mass is 10.1. The van der Waals surface area contributed by atoms with E-state index in [0.29, 0.717) is 24.6 Å². The van der Waals surface area contributed by atoms with Gasteiger partial charge in [-0.2, -0.15) is 13.2 Å². The molecule has 0 unspecified atom stereocenters. The Hall–Kier alpha value is -3.37. The summed E-state index contributed by atoms with van der Waals surface area (Å²) in [6.07, 6.45) is -0.961. The van der Waals surface area contributed by atoms with E-state index >= 15 is 0 Å². The highest BCUT2D eigenvalue weighted by Crippen LogP contribution is 2.34. The highest BCUT2D eigenvalue weighted by atomic mass is 19.4. The fraction of sp³-hybridized carbons (Fsp3) is 0.400. The Morgan fingerprint density at radius 1 is 1.00 bits per heavy atom. The number of amides is 2. The number of benzene rings is 1. The number of nitrogens with one attached hydrogen (secondary N) is 3. The molecule has 0 saturated carbocycles. The molecule has 0 bridgehead atoms. The van der Waals surface area contributed by atoms with Crippen molar-refractivity contribution < 1.29 is 27.5 Å². The van der Waals surface area contributed by atoms with Crippen molar-refractivity contribution in [3.05, 3.63) is 36.2 Å². The molecular formula is C20H24F3N5O3. The lowest BCUT2D eigenvalue weighted by molar-refractivity contribution is -0.137. The van der Waals surface area contributed by atoms with Gasteiger partial charge in [-0.3, -0.25) is 9.59 Å². The Bertz CT molecular complexity index is 906. The number of methoxy groups -OCH3 is 1. The van der Waals surface area contributed by atoms with Gasteiger partial charge in [0.2, 0.25) is 11.8 Å². The minimum atomic E-state index is -4.53. The monoisotopic (exact) mass is 439 g/mol. The number of alkyl halides is 3. The van der Waals surface area contributed by atoms with Gasteiger partial charge in [-0.1, -0.05) is 6.42 Å². The van der Waals surface area contributed by atoms with Crippen LogP contribution in [0.25, 0.3) is 0 Å². The van der Waals surface area contributed by atoms with E-state index in [1.54, 1.807) is 6.07 Å². The molecule has 0 fully saturated rings. The zero-order valence-corrected chi connectivity index (χ0v) is 17.2. The molecule has 168 valence electrons. The predicted molar refractivity (Wildman–Crippen MR) is 110 cm³/mol. The average molecular weight is 439 g/mol. The number of nitrogens with zero attached hydrogens (tertiary/aromatic N) is 2. The molecule has 2 rings (SSSR count). The second-order valence-electron chi connectivity index (χ2n) is 6.70. The van der Waals surface area contributed by atoms with Crippen molar-refractivity contribution in [2.45, 2.75) is 38.8 Å². The Kier molecular flexibility index (Phi) is 8.59. The van der Waals surface area contributed by atoms with Gasteiger partial charge in [0.15, 0.2) is 0 Å². The highest BCUT2D eigenvalue weighted by Gasteiger charge is 2.31. The number of hydrogen-bond acceptors (Lipinski definition) is 6.